The van der Waals surface area contributed by atoms with Gasteiger partial charge in [-0.05, 0) is 44.0 Å². The summed E-state index contributed by atoms with van der Waals surface area (Å²) in [4.78, 5) is 11.6. The summed E-state index contributed by atoms with van der Waals surface area (Å²) in [5, 5.41) is 2.89. The molecule has 1 aromatic rings. The molecule has 4 heteroatoms. The lowest BCUT2D eigenvalue weighted by molar-refractivity contribution is -0.124. The minimum absolute atomic E-state index is 0.0328. The monoisotopic (exact) mass is 265 g/mol. The van der Waals surface area contributed by atoms with Crippen LogP contribution < -0.4 is 14.8 Å². The third-order valence-electron chi connectivity index (χ3n) is 2.89. The average Bonchev–Trinajstić information content (AvgIpc) is 2.38. The van der Waals surface area contributed by atoms with Crippen LogP contribution in [0.1, 0.15) is 27.7 Å². The van der Waals surface area contributed by atoms with Crippen LogP contribution in [0.2, 0.25) is 0 Å². The van der Waals surface area contributed by atoms with Crippen molar-refractivity contribution in [2.24, 2.45) is 5.92 Å². The highest BCUT2D eigenvalue weighted by Gasteiger charge is 2.10. The molecule has 1 N–H and O–H groups in total. The van der Waals surface area contributed by atoms with E-state index < -0.39 is 0 Å². The molecule has 0 bridgehead atoms. The molecule has 0 aromatic heterocycles. The molecule has 106 valence electrons. The second kappa shape index (κ2) is 7.67. The van der Waals surface area contributed by atoms with Crippen LogP contribution in [0.15, 0.2) is 24.3 Å². The first kappa shape index (κ1) is 15.3. The molecule has 0 spiro atoms. The first-order valence-electron chi connectivity index (χ1n) is 6.68. The summed E-state index contributed by atoms with van der Waals surface area (Å²) in [6.45, 7) is 8.72. The fraction of sp³-hybridized carbons (Fsp3) is 0.533. The van der Waals surface area contributed by atoms with E-state index in [0.29, 0.717) is 18.3 Å². The van der Waals surface area contributed by atoms with Crippen LogP contribution in [0.25, 0.3) is 0 Å². The number of ether oxygens (including phenoxy) is 2. The molecule has 1 rings (SSSR count). The topological polar surface area (TPSA) is 47.6 Å². The molecule has 4 nitrogen and oxygen atoms in total. The van der Waals surface area contributed by atoms with Gasteiger partial charge in [0.25, 0.3) is 5.91 Å². The lowest BCUT2D eigenvalue weighted by atomic mass is 10.1. The van der Waals surface area contributed by atoms with Gasteiger partial charge in [-0.25, -0.2) is 0 Å². The third-order valence-corrected chi connectivity index (χ3v) is 2.89. The Bertz CT molecular complexity index is 387. The number of rotatable bonds is 7. The van der Waals surface area contributed by atoms with Gasteiger partial charge in [-0.3, -0.25) is 4.79 Å². The molecule has 0 saturated heterocycles. The maximum Gasteiger partial charge on any atom is 0.258 e. The van der Waals surface area contributed by atoms with Gasteiger partial charge in [0.15, 0.2) is 6.61 Å². The van der Waals surface area contributed by atoms with Gasteiger partial charge in [0.1, 0.15) is 11.5 Å². The molecule has 0 radical (unpaired) electrons. The van der Waals surface area contributed by atoms with Gasteiger partial charge in [0.05, 0.1) is 6.61 Å². The van der Waals surface area contributed by atoms with Gasteiger partial charge in [0, 0.05) is 6.04 Å². The first-order valence-corrected chi connectivity index (χ1v) is 6.68. The predicted octanol–water partition coefficient (Wildman–Crippen LogP) is 2.62. The highest BCUT2D eigenvalue weighted by atomic mass is 16.5. The normalized spacial score (nSPS) is 12.1. The first-order chi connectivity index (χ1) is 9.02. The summed E-state index contributed by atoms with van der Waals surface area (Å²) in [6, 6.07) is 7.39. The summed E-state index contributed by atoms with van der Waals surface area (Å²) in [6.07, 6.45) is 0. The Morgan fingerprint density at radius 2 is 1.63 bits per heavy atom. The van der Waals surface area contributed by atoms with Crippen molar-refractivity contribution in [2.45, 2.75) is 33.7 Å². The minimum atomic E-state index is -0.102. The van der Waals surface area contributed by atoms with Crippen LogP contribution in [0.3, 0.4) is 0 Å². The van der Waals surface area contributed by atoms with E-state index >= 15 is 0 Å². The van der Waals surface area contributed by atoms with Crippen molar-refractivity contribution < 1.29 is 14.3 Å². The Kier molecular flexibility index (Phi) is 6.19. The summed E-state index contributed by atoms with van der Waals surface area (Å²) in [7, 11) is 0. The van der Waals surface area contributed by atoms with E-state index in [1.54, 1.807) is 12.1 Å². The molecule has 0 heterocycles. The lowest BCUT2D eigenvalue weighted by Gasteiger charge is -2.17. The summed E-state index contributed by atoms with van der Waals surface area (Å²) in [5.74, 6) is 1.77. The number of hydrogen-bond donors (Lipinski definition) is 1. The number of benzene rings is 1. The van der Waals surface area contributed by atoms with Crippen LogP contribution in [0, 0.1) is 5.92 Å². The number of nitrogens with one attached hydrogen (secondary N) is 1. The van der Waals surface area contributed by atoms with E-state index in [0.717, 1.165) is 5.75 Å². The van der Waals surface area contributed by atoms with Gasteiger partial charge in [-0.2, -0.15) is 0 Å². The third kappa shape index (κ3) is 5.64. The SMILES string of the molecule is CCOc1ccc(OCC(=O)NC(C)C(C)C)cc1. The number of hydrogen-bond acceptors (Lipinski definition) is 3. The Hall–Kier alpha value is -1.71. The Morgan fingerprint density at radius 1 is 1.11 bits per heavy atom. The van der Waals surface area contributed by atoms with Gasteiger partial charge in [-0.1, -0.05) is 13.8 Å². The van der Waals surface area contributed by atoms with E-state index in [1.807, 2.05) is 26.0 Å². The van der Waals surface area contributed by atoms with Gasteiger partial charge in [0.2, 0.25) is 0 Å². The molecule has 0 aliphatic carbocycles. The summed E-state index contributed by atoms with van der Waals surface area (Å²) in [5.41, 5.74) is 0. The highest BCUT2D eigenvalue weighted by molar-refractivity contribution is 5.77. The van der Waals surface area contributed by atoms with E-state index in [2.05, 4.69) is 19.2 Å². The lowest BCUT2D eigenvalue weighted by Crippen LogP contribution is -2.38. The van der Waals surface area contributed by atoms with Crippen molar-refractivity contribution in [1.82, 2.24) is 5.32 Å². The van der Waals surface area contributed by atoms with Crippen molar-refractivity contribution >= 4 is 5.91 Å². The number of carbonyl (C=O) groups is 1. The fourth-order valence-corrected chi connectivity index (χ4v) is 1.41. The molecule has 0 saturated carbocycles. The van der Waals surface area contributed by atoms with Crippen molar-refractivity contribution in [3.05, 3.63) is 24.3 Å². The van der Waals surface area contributed by atoms with Crippen LogP contribution in [0.4, 0.5) is 0 Å². The van der Waals surface area contributed by atoms with E-state index in [-0.39, 0.29) is 18.6 Å². The maximum atomic E-state index is 11.6. The Balaban J connectivity index is 2.37. The van der Waals surface area contributed by atoms with Crippen LogP contribution in [-0.2, 0) is 4.79 Å². The largest absolute Gasteiger partial charge is 0.494 e. The average molecular weight is 265 g/mol. The molecule has 1 amide bonds. The molecular weight excluding hydrogens is 242 g/mol. The second-order valence-electron chi connectivity index (χ2n) is 4.79. The zero-order chi connectivity index (χ0) is 14.3. The van der Waals surface area contributed by atoms with Crippen LogP contribution >= 0.6 is 0 Å². The van der Waals surface area contributed by atoms with Gasteiger partial charge in [-0.15, -0.1) is 0 Å². The molecule has 0 fully saturated rings. The highest BCUT2D eigenvalue weighted by Crippen LogP contribution is 2.17. The number of carbonyl (C=O) groups excluding carboxylic acids is 1. The van der Waals surface area contributed by atoms with E-state index in [9.17, 15) is 4.79 Å². The van der Waals surface area contributed by atoms with Crippen LogP contribution in [-0.4, -0.2) is 25.2 Å². The number of amides is 1. The fourth-order valence-electron chi connectivity index (χ4n) is 1.41. The van der Waals surface area contributed by atoms with Crippen molar-refractivity contribution in [3.8, 4) is 11.5 Å². The maximum absolute atomic E-state index is 11.6. The second-order valence-corrected chi connectivity index (χ2v) is 4.79. The summed E-state index contributed by atoms with van der Waals surface area (Å²) < 4.78 is 10.7. The van der Waals surface area contributed by atoms with Crippen molar-refractivity contribution in [2.75, 3.05) is 13.2 Å². The predicted molar refractivity (Wildman–Crippen MR) is 75.5 cm³/mol. The molecule has 1 unspecified atom stereocenters. The van der Waals surface area contributed by atoms with Crippen molar-refractivity contribution in [3.63, 3.8) is 0 Å². The molecule has 0 aliphatic heterocycles. The van der Waals surface area contributed by atoms with E-state index in [4.69, 9.17) is 9.47 Å². The van der Waals surface area contributed by atoms with Crippen molar-refractivity contribution in [1.29, 1.82) is 0 Å². The zero-order valence-electron chi connectivity index (χ0n) is 12.1. The molecule has 1 atom stereocenters. The molecule has 19 heavy (non-hydrogen) atoms. The standard InChI is InChI=1S/C15H23NO3/c1-5-18-13-6-8-14(9-7-13)19-10-15(17)16-12(4)11(2)3/h6-9,11-12H,5,10H2,1-4H3,(H,16,17). The molecule has 0 aliphatic rings. The smallest absolute Gasteiger partial charge is 0.258 e. The zero-order valence-corrected chi connectivity index (χ0v) is 12.1. The molecular formula is C15H23NO3. The Labute approximate surface area is 115 Å². The quantitative estimate of drug-likeness (QED) is 0.824. The summed E-state index contributed by atoms with van der Waals surface area (Å²) >= 11 is 0. The molecule has 1 aromatic carbocycles. The van der Waals surface area contributed by atoms with Crippen LogP contribution in [0.5, 0.6) is 11.5 Å². The van der Waals surface area contributed by atoms with Gasteiger partial charge < -0.3 is 14.8 Å². The minimum Gasteiger partial charge on any atom is -0.494 e. The Morgan fingerprint density at radius 3 is 2.11 bits per heavy atom. The van der Waals surface area contributed by atoms with E-state index in [1.165, 1.54) is 0 Å². The van der Waals surface area contributed by atoms with Gasteiger partial charge >= 0.3 is 0 Å².